The normalized spacial score (nSPS) is 10.7. The second-order valence-corrected chi connectivity index (χ2v) is 6.39. The zero-order valence-corrected chi connectivity index (χ0v) is 15.0. The molecule has 0 aliphatic carbocycles. The molecule has 0 aliphatic rings. The predicted molar refractivity (Wildman–Crippen MR) is 93.6 cm³/mol. The number of ether oxygens (including phenoxy) is 2. The molecule has 0 saturated carbocycles. The number of nitrogens with zero attached hydrogens (tertiary/aromatic N) is 3. The lowest BCUT2D eigenvalue weighted by Crippen LogP contribution is -2.19. The van der Waals surface area contributed by atoms with E-state index in [1.165, 1.54) is 41.7 Å². The topological polar surface area (TPSA) is 111 Å². The van der Waals surface area contributed by atoms with Crippen LogP contribution in [0.15, 0.2) is 16.9 Å². The zero-order valence-electron chi connectivity index (χ0n) is 14.2. The van der Waals surface area contributed by atoms with Crippen LogP contribution >= 0.6 is 11.3 Å². The van der Waals surface area contributed by atoms with Crippen LogP contribution in [-0.4, -0.2) is 21.3 Å². The number of esters is 2. The summed E-state index contributed by atoms with van der Waals surface area (Å²) in [5, 5.41) is 9.29. The molecule has 0 spiro atoms. The number of hydrogen-bond acceptors (Lipinski definition) is 8. The molecule has 2 aromatic heterocycles. The van der Waals surface area contributed by atoms with Gasteiger partial charge >= 0.3 is 11.9 Å². The van der Waals surface area contributed by atoms with Gasteiger partial charge in [0, 0.05) is 26.0 Å². The molecule has 0 aliphatic heterocycles. The maximum atomic E-state index is 12.7. The molecule has 8 nitrogen and oxygen atoms in total. The van der Waals surface area contributed by atoms with Crippen molar-refractivity contribution in [3.05, 3.63) is 33.7 Å². The molecule has 0 radical (unpaired) electrons. The number of fused-ring (bicyclic) bond motifs is 3. The molecule has 0 fully saturated rings. The molecule has 0 N–H and O–H groups in total. The third-order valence-electron chi connectivity index (χ3n) is 3.55. The summed E-state index contributed by atoms with van der Waals surface area (Å²) < 4.78 is 12.1. The van der Waals surface area contributed by atoms with Gasteiger partial charge in [-0.3, -0.25) is 14.4 Å². The average Bonchev–Trinajstić information content (AvgIpc) is 2.91. The second kappa shape index (κ2) is 6.57. The van der Waals surface area contributed by atoms with Crippen LogP contribution in [0, 0.1) is 11.3 Å². The fourth-order valence-corrected chi connectivity index (χ4v) is 3.59. The van der Waals surface area contributed by atoms with Gasteiger partial charge in [0.15, 0.2) is 16.5 Å². The summed E-state index contributed by atoms with van der Waals surface area (Å²) in [5.41, 5.74) is 0.315. The van der Waals surface area contributed by atoms with E-state index in [0.717, 1.165) is 0 Å². The molecule has 1 aromatic carbocycles. The first-order chi connectivity index (χ1) is 12.3. The van der Waals surface area contributed by atoms with Crippen LogP contribution in [-0.2, 0) is 16.0 Å². The van der Waals surface area contributed by atoms with Gasteiger partial charge < -0.3 is 9.47 Å². The Morgan fingerprint density at radius 3 is 2.38 bits per heavy atom. The number of nitriles is 1. The summed E-state index contributed by atoms with van der Waals surface area (Å²) in [5.74, 6) is -1.11. The quantitative estimate of drug-likeness (QED) is 0.512. The number of benzene rings is 1. The summed E-state index contributed by atoms with van der Waals surface area (Å²) in [6, 6.07) is 4.83. The standard InChI is InChI=1S/C17H13N3O5S/c1-4-11-10(7-18)16(23)20-12-5-13(24-8(2)21)14(25-9(3)22)6-15(12)26-17(20)19-11/h5-6H,4H2,1-3H3. The van der Waals surface area contributed by atoms with E-state index in [1.54, 1.807) is 0 Å². The first kappa shape index (κ1) is 17.6. The number of rotatable bonds is 3. The van der Waals surface area contributed by atoms with Crippen molar-refractivity contribution in [1.29, 1.82) is 5.26 Å². The summed E-state index contributed by atoms with van der Waals surface area (Å²) in [6.07, 6.45) is 0.445. The van der Waals surface area contributed by atoms with E-state index in [9.17, 15) is 19.6 Å². The Hall–Kier alpha value is -3.25. The van der Waals surface area contributed by atoms with E-state index in [4.69, 9.17) is 9.47 Å². The SMILES string of the molecule is CCc1nc2sc3cc(OC(C)=O)c(OC(C)=O)cc3n2c(=O)c1C#N. The minimum absolute atomic E-state index is 0.00451. The van der Waals surface area contributed by atoms with E-state index in [2.05, 4.69) is 4.98 Å². The molecule has 2 heterocycles. The summed E-state index contributed by atoms with van der Waals surface area (Å²) >= 11 is 1.20. The first-order valence-corrected chi connectivity index (χ1v) is 8.46. The molecule has 132 valence electrons. The third kappa shape index (κ3) is 2.91. The first-order valence-electron chi connectivity index (χ1n) is 7.64. The predicted octanol–water partition coefficient (Wildman–Crippen LogP) is 2.19. The lowest BCUT2D eigenvalue weighted by atomic mass is 10.2. The highest BCUT2D eigenvalue weighted by molar-refractivity contribution is 7.23. The van der Waals surface area contributed by atoms with Gasteiger partial charge in [-0.05, 0) is 6.42 Å². The van der Waals surface area contributed by atoms with E-state index < -0.39 is 17.5 Å². The zero-order chi connectivity index (χ0) is 19.0. The number of carbonyl (C=O) groups excluding carboxylic acids is 2. The smallest absolute Gasteiger partial charge is 0.308 e. The maximum absolute atomic E-state index is 12.7. The Morgan fingerprint density at radius 2 is 1.85 bits per heavy atom. The van der Waals surface area contributed by atoms with Crippen molar-refractivity contribution in [2.75, 3.05) is 0 Å². The van der Waals surface area contributed by atoms with Gasteiger partial charge in [-0.25, -0.2) is 9.38 Å². The van der Waals surface area contributed by atoms with Crippen molar-refractivity contribution in [2.24, 2.45) is 0 Å². The van der Waals surface area contributed by atoms with Gasteiger partial charge in [-0.15, -0.1) is 0 Å². The highest BCUT2D eigenvalue weighted by atomic mass is 32.1. The van der Waals surface area contributed by atoms with Gasteiger partial charge in [-0.1, -0.05) is 18.3 Å². The highest BCUT2D eigenvalue weighted by Gasteiger charge is 2.19. The Bertz CT molecular complexity index is 1170. The van der Waals surface area contributed by atoms with Crippen LogP contribution in [0.1, 0.15) is 32.0 Å². The van der Waals surface area contributed by atoms with Crippen molar-refractivity contribution in [3.8, 4) is 17.6 Å². The highest BCUT2D eigenvalue weighted by Crippen LogP contribution is 2.36. The van der Waals surface area contributed by atoms with Gasteiger partial charge in [0.05, 0.1) is 15.9 Å². The molecule has 0 saturated heterocycles. The van der Waals surface area contributed by atoms with E-state index in [-0.39, 0.29) is 17.1 Å². The lowest BCUT2D eigenvalue weighted by molar-refractivity contribution is -0.134. The second-order valence-electron chi connectivity index (χ2n) is 5.38. The van der Waals surface area contributed by atoms with Gasteiger partial charge in [0.2, 0.25) is 0 Å². The van der Waals surface area contributed by atoms with Crippen molar-refractivity contribution in [2.45, 2.75) is 27.2 Å². The van der Waals surface area contributed by atoms with E-state index in [0.29, 0.717) is 27.3 Å². The number of thiazole rings is 1. The molecule has 0 unspecified atom stereocenters. The van der Waals surface area contributed by atoms with Crippen molar-refractivity contribution < 1.29 is 19.1 Å². The van der Waals surface area contributed by atoms with Gasteiger partial charge in [0.1, 0.15) is 11.6 Å². The number of hydrogen-bond donors (Lipinski definition) is 0. The Balaban J connectivity index is 2.40. The molecular weight excluding hydrogens is 358 g/mol. The molecule has 9 heteroatoms. The number of aryl methyl sites for hydroxylation is 1. The molecule has 3 aromatic rings. The monoisotopic (exact) mass is 371 g/mol. The van der Waals surface area contributed by atoms with Crippen LogP contribution < -0.4 is 15.0 Å². The van der Waals surface area contributed by atoms with Gasteiger partial charge in [0.25, 0.3) is 5.56 Å². The molecule has 3 rings (SSSR count). The lowest BCUT2D eigenvalue weighted by Gasteiger charge is -2.08. The maximum Gasteiger partial charge on any atom is 0.308 e. The van der Waals surface area contributed by atoms with E-state index >= 15 is 0 Å². The fourth-order valence-electron chi connectivity index (χ4n) is 2.55. The van der Waals surface area contributed by atoms with Crippen LogP contribution in [0.4, 0.5) is 0 Å². The van der Waals surface area contributed by atoms with Crippen molar-refractivity contribution in [1.82, 2.24) is 9.38 Å². The summed E-state index contributed by atoms with van der Waals surface area (Å²) in [4.78, 5) is 40.2. The molecule has 0 bridgehead atoms. The van der Waals surface area contributed by atoms with Crippen LogP contribution in [0.2, 0.25) is 0 Å². The van der Waals surface area contributed by atoms with Gasteiger partial charge in [-0.2, -0.15) is 5.26 Å². The Morgan fingerprint density at radius 1 is 1.23 bits per heavy atom. The third-order valence-corrected chi connectivity index (χ3v) is 4.55. The number of aromatic nitrogens is 2. The Labute approximate surface area is 151 Å². The van der Waals surface area contributed by atoms with Crippen LogP contribution in [0.5, 0.6) is 11.5 Å². The molecule has 0 amide bonds. The van der Waals surface area contributed by atoms with Crippen molar-refractivity contribution >= 4 is 38.5 Å². The van der Waals surface area contributed by atoms with Crippen molar-refractivity contribution in [3.63, 3.8) is 0 Å². The molecule has 0 atom stereocenters. The summed E-state index contributed by atoms with van der Waals surface area (Å²) in [6.45, 7) is 4.25. The molecular formula is C17H13N3O5S. The minimum atomic E-state index is -0.603. The molecule has 26 heavy (non-hydrogen) atoms. The summed E-state index contributed by atoms with van der Waals surface area (Å²) in [7, 11) is 0. The van der Waals surface area contributed by atoms with Crippen LogP contribution in [0.25, 0.3) is 15.2 Å². The average molecular weight is 371 g/mol. The van der Waals surface area contributed by atoms with E-state index in [1.807, 2.05) is 13.0 Å². The largest absolute Gasteiger partial charge is 0.423 e. The number of carbonyl (C=O) groups is 2. The Kier molecular flexibility index (Phi) is 4.44. The fraction of sp³-hybridized carbons (Fsp3) is 0.235. The van der Waals surface area contributed by atoms with Crippen LogP contribution in [0.3, 0.4) is 0 Å². The minimum Gasteiger partial charge on any atom is -0.423 e.